The van der Waals surface area contributed by atoms with Gasteiger partial charge in [0.2, 0.25) is 0 Å². The monoisotopic (exact) mass is 320 g/mol. The van der Waals surface area contributed by atoms with Crippen LogP contribution in [0.5, 0.6) is 0 Å². The van der Waals surface area contributed by atoms with Gasteiger partial charge in [0.05, 0.1) is 0 Å². The summed E-state index contributed by atoms with van der Waals surface area (Å²) in [6.45, 7) is 2.65. The van der Waals surface area contributed by atoms with Gasteiger partial charge in [-0.25, -0.2) is 0 Å². The van der Waals surface area contributed by atoms with Crippen molar-refractivity contribution >= 4 is 6.21 Å². The summed E-state index contributed by atoms with van der Waals surface area (Å²) in [6.07, 6.45) is 10.8. The van der Waals surface area contributed by atoms with Gasteiger partial charge in [-0.1, -0.05) is 79.9 Å². The van der Waals surface area contributed by atoms with Gasteiger partial charge in [0.1, 0.15) is 12.8 Å². The largest absolute Gasteiger partial charge is 0.390 e. The minimum Gasteiger partial charge on any atom is -0.390 e. The second kappa shape index (κ2) is 8.68. The molecule has 1 aliphatic rings. The van der Waals surface area contributed by atoms with E-state index in [0.717, 1.165) is 17.5 Å². The molecule has 0 bridgehead atoms. The summed E-state index contributed by atoms with van der Waals surface area (Å²) >= 11 is 0. The van der Waals surface area contributed by atoms with E-state index in [1.807, 2.05) is 0 Å². The molecule has 24 heavy (non-hydrogen) atoms. The lowest BCUT2D eigenvalue weighted by molar-refractivity contribution is 0.132. The number of benzene rings is 2. The first-order valence-electron chi connectivity index (χ1n) is 9.11. The van der Waals surface area contributed by atoms with E-state index in [0.29, 0.717) is 12.5 Å². The van der Waals surface area contributed by atoms with E-state index in [1.165, 1.54) is 43.2 Å². The molecule has 1 aliphatic carbocycles. The van der Waals surface area contributed by atoms with Crippen molar-refractivity contribution in [1.29, 1.82) is 0 Å². The molecule has 0 spiro atoms. The summed E-state index contributed by atoms with van der Waals surface area (Å²) in [6, 6.07) is 16.9. The molecule has 0 amide bonds. The first-order chi connectivity index (χ1) is 11.9. The Hall–Kier alpha value is -2.09. The molecule has 1 saturated carbocycles. The van der Waals surface area contributed by atoms with Gasteiger partial charge in [-0.2, -0.15) is 0 Å². The normalized spacial score (nSPS) is 15.7. The van der Waals surface area contributed by atoms with Crippen LogP contribution in [0, 0.1) is 0 Å². The quantitative estimate of drug-likeness (QED) is 0.492. The van der Waals surface area contributed by atoms with Crippen LogP contribution in [0.4, 0.5) is 0 Å². The molecular weight excluding hydrogens is 294 g/mol. The Bertz CT molecular complexity index is 671. The Kier molecular flexibility index (Phi) is 6.06. The van der Waals surface area contributed by atoms with Crippen molar-refractivity contribution in [3.8, 4) is 0 Å². The van der Waals surface area contributed by atoms with Crippen molar-refractivity contribution in [2.45, 2.75) is 58.0 Å². The molecule has 125 valence electrons. The van der Waals surface area contributed by atoms with Crippen molar-refractivity contribution in [3.05, 3.63) is 70.8 Å². The average Bonchev–Trinajstić information content (AvgIpc) is 2.66. The fourth-order valence-electron chi connectivity index (χ4n) is 3.50. The van der Waals surface area contributed by atoms with Crippen LogP contribution in [-0.2, 0) is 17.9 Å². The highest BCUT2D eigenvalue weighted by Crippen LogP contribution is 2.33. The Morgan fingerprint density at radius 3 is 2.62 bits per heavy atom. The molecule has 1 radical (unpaired) electrons. The van der Waals surface area contributed by atoms with Crippen LogP contribution < -0.4 is 0 Å². The van der Waals surface area contributed by atoms with Crippen molar-refractivity contribution in [1.82, 2.24) is 0 Å². The molecule has 0 aromatic heterocycles. The van der Waals surface area contributed by atoms with Crippen molar-refractivity contribution in [3.63, 3.8) is 0 Å². The molecule has 3 rings (SSSR count). The zero-order chi connectivity index (χ0) is 16.6. The summed E-state index contributed by atoms with van der Waals surface area (Å²) in [5, 5.41) is 4.10. The minimum absolute atomic E-state index is 0.492. The highest BCUT2D eigenvalue weighted by molar-refractivity contribution is 5.81. The number of nitrogens with zero attached hydrogens (tertiary/aromatic N) is 1. The molecule has 0 atom stereocenters. The zero-order valence-corrected chi connectivity index (χ0v) is 14.5. The first kappa shape index (κ1) is 16.8. The number of rotatable bonds is 6. The zero-order valence-electron chi connectivity index (χ0n) is 14.5. The highest BCUT2D eigenvalue weighted by atomic mass is 16.6. The third-order valence-electron chi connectivity index (χ3n) is 4.87. The molecule has 0 unspecified atom stereocenters. The third kappa shape index (κ3) is 4.47. The number of aryl methyl sites for hydroxylation is 1. The smallest absolute Gasteiger partial charge is 0.142 e. The number of hydrogen-bond donors (Lipinski definition) is 0. The molecule has 2 aromatic carbocycles. The molecule has 2 aromatic rings. The summed E-state index contributed by atoms with van der Waals surface area (Å²) in [7, 11) is 0. The summed E-state index contributed by atoms with van der Waals surface area (Å²) in [5.74, 6) is 0.652. The number of hydrogen-bond acceptors (Lipinski definition) is 2. The summed E-state index contributed by atoms with van der Waals surface area (Å²) in [4.78, 5) is 5.48. The predicted molar refractivity (Wildman–Crippen MR) is 99.4 cm³/mol. The van der Waals surface area contributed by atoms with E-state index >= 15 is 0 Å². The van der Waals surface area contributed by atoms with Crippen LogP contribution in [0.3, 0.4) is 0 Å². The molecule has 2 heteroatoms. The van der Waals surface area contributed by atoms with Crippen LogP contribution in [-0.4, -0.2) is 6.21 Å². The van der Waals surface area contributed by atoms with Gasteiger partial charge in [-0.3, -0.25) is 0 Å². The third-order valence-corrected chi connectivity index (χ3v) is 4.87. The van der Waals surface area contributed by atoms with Crippen LogP contribution in [0.2, 0.25) is 0 Å². The SMILES string of the molecule is CCc1cccc(CO/N=[C]\c2ccccc2C2CCCCC2)c1. The lowest BCUT2D eigenvalue weighted by Crippen LogP contribution is -2.07. The van der Waals surface area contributed by atoms with Crippen molar-refractivity contribution in [2.75, 3.05) is 0 Å². The average molecular weight is 320 g/mol. The van der Waals surface area contributed by atoms with E-state index in [4.69, 9.17) is 4.84 Å². The van der Waals surface area contributed by atoms with E-state index < -0.39 is 0 Å². The maximum Gasteiger partial charge on any atom is 0.142 e. The fraction of sp³-hybridized carbons (Fsp3) is 0.409. The minimum atomic E-state index is 0.492. The van der Waals surface area contributed by atoms with Gasteiger partial charge in [0, 0.05) is 5.56 Å². The Morgan fingerprint density at radius 1 is 1.00 bits per heavy atom. The maximum atomic E-state index is 5.48. The standard InChI is InChI=1S/C22H26NO/c1-2-18-9-8-10-19(15-18)17-24-23-16-21-13-6-7-14-22(21)20-11-4-3-5-12-20/h6-10,13-15,20H,2-5,11-12,17H2,1H3. The summed E-state index contributed by atoms with van der Waals surface area (Å²) in [5.41, 5.74) is 4.93. The topological polar surface area (TPSA) is 21.6 Å². The van der Waals surface area contributed by atoms with Gasteiger partial charge in [0.25, 0.3) is 0 Å². The second-order valence-corrected chi connectivity index (χ2v) is 6.57. The second-order valence-electron chi connectivity index (χ2n) is 6.57. The molecule has 1 fully saturated rings. The summed E-state index contributed by atoms with van der Waals surface area (Å²) < 4.78 is 0. The van der Waals surface area contributed by atoms with Crippen molar-refractivity contribution in [2.24, 2.45) is 5.16 Å². The van der Waals surface area contributed by atoms with E-state index in [2.05, 4.69) is 66.8 Å². The Balaban J connectivity index is 1.62. The van der Waals surface area contributed by atoms with E-state index in [9.17, 15) is 0 Å². The van der Waals surface area contributed by atoms with Gasteiger partial charge in [0.15, 0.2) is 0 Å². The van der Waals surface area contributed by atoms with E-state index in [1.54, 1.807) is 0 Å². The van der Waals surface area contributed by atoms with Gasteiger partial charge >= 0.3 is 0 Å². The highest BCUT2D eigenvalue weighted by Gasteiger charge is 2.17. The fourth-order valence-corrected chi connectivity index (χ4v) is 3.50. The van der Waals surface area contributed by atoms with Gasteiger partial charge < -0.3 is 4.84 Å². The van der Waals surface area contributed by atoms with Crippen LogP contribution in [0.1, 0.15) is 67.2 Å². The van der Waals surface area contributed by atoms with Crippen LogP contribution >= 0.6 is 0 Å². The molecule has 0 aliphatic heterocycles. The molecule has 0 N–H and O–H groups in total. The maximum absolute atomic E-state index is 5.48. The Morgan fingerprint density at radius 2 is 1.79 bits per heavy atom. The lowest BCUT2D eigenvalue weighted by atomic mass is 9.82. The van der Waals surface area contributed by atoms with Crippen LogP contribution in [0.25, 0.3) is 0 Å². The first-order valence-corrected chi connectivity index (χ1v) is 9.11. The van der Waals surface area contributed by atoms with Crippen LogP contribution in [0.15, 0.2) is 53.7 Å². The van der Waals surface area contributed by atoms with Gasteiger partial charge in [-0.05, 0) is 41.9 Å². The lowest BCUT2D eigenvalue weighted by Gasteiger charge is -2.23. The van der Waals surface area contributed by atoms with Crippen molar-refractivity contribution < 1.29 is 4.84 Å². The molecule has 0 saturated heterocycles. The predicted octanol–water partition coefficient (Wildman–Crippen LogP) is 5.72. The van der Waals surface area contributed by atoms with E-state index in [-0.39, 0.29) is 0 Å². The van der Waals surface area contributed by atoms with Gasteiger partial charge in [-0.15, -0.1) is 0 Å². The molecule has 2 nitrogen and oxygen atoms in total. The Labute approximate surface area is 145 Å². The molecule has 0 heterocycles. The molecular formula is C22H26NO.